The van der Waals surface area contributed by atoms with Crippen LogP contribution < -0.4 is 10.6 Å². The van der Waals surface area contributed by atoms with Gasteiger partial charge < -0.3 is 15.7 Å². The van der Waals surface area contributed by atoms with Gasteiger partial charge in [0, 0.05) is 13.0 Å². The number of carboxylic acids is 1. The number of halogens is 1. The second-order valence-corrected chi connectivity index (χ2v) is 4.50. The van der Waals surface area contributed by atoms with Gasteiger partial charge >= 0.3 is 5.97 Å². The largest absolute Gasteiger partial charge is 0.478 e. The number of nitrogens with zero attached hydrogens (tertiary/aromatic N) is 1. The number of rotatable bonds is 2. The average molecular weight is 255 g/mol. The van der Waals surface area contributed by atoms with Gasteiger partial charge in [-0.1, -0.05) is 0 Å². The molecule has 1 unspecified atom stereocenters. The highest BCUT2D eigenvalue weighted by Gasteiger charge is 2.30. The zero-order valence-electron chi connectivity index (χ0n) is 8.89. The zero-order chi connectivity index (χ0) is 12.6. The van der Waals surface area contributed by atoms with E-state index in [2.05, 4.69) is 0 Å². The topological polar surface area (TPSA) is 83.6 Å². The Balaban J connectivity index is 2.34. The molecular formula is C11H11ClN2O3. The van der Waals surface area contributed by atoms with E-state index in [0.717, 1.165) is 0 Å². The summed E-state index contributed by atoms with van der Waals surface area (Å²) in [5.74, 6) is -1.15. The van der Waals surface area contributed by atoms with Crippen LogP contribution in [0.5, 0.6) is 0 Å². The summed E-state index contributed by atoms with van der Waals surface area (Å²) in [6.45, 7) is 0.400. The molecule has 1 aromatic rings. The van der Waals surface area contributed by atoms with Gasteiger partial charge in [-0.3, -0.25) is 4.79 Å². The number of carboxylic acid groups (broad SMARTS) is 1. The van der Waals surface area contributed by atoms with Crippen molar-refractivity contribution in [3.63, 3.8) is 0 Å². The lowest BCUT2D eigenvalue weighted by molar-refractivity contribution is -0.117. The van der Waals surface area contributed by atoms with Crippen LogP contribution >= 0.6 is 11.6 Å². The third kappa shape index (κ3) is 2.19. The van der Waals surface area contributed by atoms with E-state index in [1.165, 1.54) is 23.1 Å². The highest BCUT2D eigenvalue weighted by Crippen LogP contribution is 2.29. The predicted octanol–water partition coefficient (Wildman–Crippen LogP) is 1.31. The fourth-order valence-electron chi connectivity index (χ4n) is 1.83. The number of hydrogen-bond acceptors (Lipinski definition) is 3. The van der Waals surface area contributed by atoms with Crippen LogP contribution in [0.3, 0.4) is 0 Å². The molecule has 1 atom stereocenters. The molecule has 0 aromatic heterocycles. The Morgan fingerprint density at radius 2 is 2.24 bits per heavy atom. The summed E-state index contributed by atoms with van der Waals surface area (Å²) in [5.41, 5.74) is 6.63. The van der Waals surface area contributed by atoms with Crippen LogP contribution in [-0.2, 0) is 4.79 Å². The molecule has 0 radical (unpaired) electrons. The molecule has 1 heterocycles. The Morgan fingerprint density at radius 1 is 1.53 bits per heavy atom. The first-order chi connectivity index (χ1) is 7.99. The van der Waals surface area contributed by atoms with E-state index >= 15 is 0 Å². The molecule has 1 aliphatic heterocycles. The number of hydrogen-bond donors (Lipinski definition) is 2. The molecule has 0 spiro atoms. The maximum atomic E-state index is 11.6. The summed E-state index contributed by atoms with van der Waals surface area (Å²) >= 11 is 5.89. The smallest absolute Gasteiger partial charge is 0.335 e. The third-order valence-electron chi connectivity index (χ3n) is 2.64. The number of amides is 1. The van der Waals surface area contributed by atoms with Crippen molar-refractivity contribution < 1.29 is 14.7 Å². The lowest BCUT2D eigenvalue weighted by atomic mass is 10.1. The van der Waals surface area contributed by atoms with E-state index in [-0.39, 0.29) is 29.0 Å². The molecule has 1 aliphatic rings. The normalized spacial score (nSPS) is 19.7. The quantitative estimate of drug-likeness (QED) is 0.616. The van der Waals surface area contributed by atoms with Crippen molar-refractivity contribution in [2.45, 2.75) is 11.8 Å². The number of nitrogen functional groups attached to an aromatic ring is 1. The molecule has 1 amide bonds. The maximum absolute atomic E-state index is 11.6. The minimum Gasteiger partial charge on any atom is -0.478 e. The number of benzene rings is 1. The second kappa shape index (κ2) is 4.25. The van der Waals surface area contributed by atoms with Crippen LogP contribution in [0, 0.1) is 0 Å². The molecule has 17 heavy (non-hydrogen) atoms. The van der Waals surface area contributed by atoms with Crippen molar-refractivity contribution in [3.8, 4) is 0 Å². The standard InChI is InChI=1S/C11H11ClN2O3/c12-7-4-10(15)14(5-7)9-2-1-6(11(16)17)3-8(9)13/h1-3,7H,4-5,13H2,(H,16,17). The van der Waals surface area contributed by atoms with Gasteiger partial charge in [0.1, 0.15) is 0 Å². The van der Waals surface area contributed by atoms with E-state index in [4.69, 9.17) is 22.4 Å². The molecular weight excluding hydrogens is 244 g/mol. The molecule has 1 fully saturated rings. The van der Waals surface area contributed by atoms with Gasteiger partial charge in [0.15, 0.2) is 0 Å². The first kappa shape index (κ1) is 11.7. The molecule has 1 aromatic carbocycles. The van der Waals surface area contributed by atoms with Crippen LogP contribution in [0.25, 0.3) is 0 Å². The number of carbonyl (C=O) groups is 2. The molecule has 3 N–H and O–H groups in total. The van der Waals surface area contributed by atoms with Crippen LogP contribution in [0.1, 0.15) is 16.8 Å². The van der Waals surface area contributed by atoms with Gasteiger partial charge in [0.25, 0.3) is 0 Å². The fourth-order valence-corrected chi connectivity index (χ4v) is 2.10. The summed E-state index contributed by atoms with van der Waals surface area (Å²) in [6.07, 6.45) is 0.279. The molecule has 0 bridgehead atoms. The minimum atomic E-state index is -1.05. The first-order valence-corrected chi connectivity index (χ1v) is 5.50. The third-order valence-corrected chi connectivity index (χ3v) is 2.94. The van der Waals surface area contributed by atoms with E-state index in [1.54, 1.807) is 0 Å². The number of carbonyl (C=O) groups excluding carboxylic acids is 1. The van der Waals surface area contributed by atoms with Gasteiger partial charge in [0.2, 0.25) is 5.91 Å². The SMILES string of the molecule is Nc1cc(C(=O)O)ccc1N1CC(Cl)CC1=O. The maximum Gasteiger partial charge on any atom is 0.335 e. The van der Waals surface area contributed by atoms with Crippen molar-refractivity contribution in [2.75, 3.05) is 17.2 Å². The van der Waals surface area contributed by atoms with Crippen molar-refractivity contribution in [1.82, 2.24) is 0 Å². The summed E-state index contributed by atoms with van der Waals surface area (Å²) in [7, 11) is 0. The van der Waals surface area contributed by atoms with E-state index in [9.17, 15) is 9.59 Å². The van der Waals surface area contributed by atoms with Crippen LogP contribution in [-0.4, -0.2) is 28.9 Å². The molecule has 1 saturated heterocycles. The van der Waals surface area contributed by atoms with Crippen molar-refractivity contribution in [1.29, 1.82) is 0 Å². The average Bonchev–Trinajstić information content (AvgIpc) is 2.57. The molecule has 2 rings (SSSR count). The summed E-state index contributed by atoms with van der Waals surface area (Å²) < 4.78 is 0. The Morgan fingerprint density at radius 3 is 2.71 bits per heavy atom. The van der Waals surface area contributed by atoms with Crippen molar-refractivity contribution >= 4 is 34.9 Å². The molecule has 5 nitrogen and oxygen atoms in total. The number of aromatic carboxylic acids is 1. The van der Waals surface area contributed by atoms with Gasteiger partial charge in [-0.25, -0.2) is 4.79 Å². The van der Waals surface area contributed by atoms with Crippen molar-refractivity contribution in [3.05, 3.63) is 23.8 Å². The van der Waals surface area contributed by atoms with Gasteiger partial charge in [0.05, 0.1) is 22.3 Å². The van der Waals surface area contributed by atoms with E-state index in [1.807, 2.05) is 0 Å². The second-order valence-electron chi connectivity index (χ2n) is 3.88. The van der Waals surface area contributed by atoms with Crippen LogP contribution in [0.15, 0.2) is 18.2 Å². The monoisotopic (exact) mass is 254 g/mol. The lowest BCUT2D eigenvalue weighted by Crippen LogP contribution is -2.25. The molecule has 0 saturated carbocycles. The van der Waals surface area contributed by atoms with Gasteiger partial charge in [-0.2, -0.15) is 0 Å². The van der Waals surface area contributed by atoms with Crippen molar-refractivity contribution in [2.24, 2.45) is 0 Å². The highest BCUT2D eigenvalue weighted by molar-refractivity contribution is 6.24. The number of nitrogens with two attached hydrogens (primary N) is 1. The fraction of sp³-hybridized carbons (Fsp3) is 0.273. The van der Waals surface area contributed by atoms with Crippen LogP contribution in [0.2, 0.25) is 0 Å². The molecule has 0 aliphatic carbocycles. The number of anilines is 2. The Labute approximate surface area is 103 Å². The molecule has 6 heteroatoms. The van der Waals surface area contributed by atoms with Crippen LogP contribution in [0.4, 0.5) is 11.4 Å². The lowest BCUT2D eigenvalue weighted by Gasteiger charge is -2.18. The first-order valence-electron chi connectivity index (χ1n) is 5.06. The van der Waals surface area contributed by atoms with E-state index in [0.29, 0.717) is 12.2 Å². The molecule has 90 valence electrons. The Hall–Kier alpha value is -1.75. The van der Waals surface area contributed by atoms with Gasteiger partial charge in [-0.05, 0) is 18.2 Å². The predicted molar refractivity (Wildman–Crippen MR) is 64.4 cm³/mol. The Kier molecular flexibility index (Phi) is 2.93. The summed E-state index contributed by atoms with van der Waals surface area (Å²) in [5, 5.41) is 8.58. The minimum absolute atomic E-state index is 0.0974. The zero-order valence-corrected chi connectivity index (χ0v) is 9.65. The summed E-state index contributed by atoms with van der Waals surface area (Å²) in [4.78, 5) is 23.9. The van der Waals surface area contributed by atoms with Gasteiger partial charge in [-0.15, -0.1) is 11.6 Å². The highest BCUT2D eigenvalue weighted by atomic mass is 35.5. The van der Waals surface area contributed by atoms with E-state index < -0.39 is 5.97 Å². The summed E-state index contributed by atoms with van der Waals surface area (Å²) in [6, 6.07) is 4.29. The number of alkyl halides is 1. The Bertz CT molecular complexity index is 490.